The zero-order chi connectivity index (χ0) is 12.7. The van der Waals surface area contributed by atoms with E-state index >= 15 is 0 Å². The minimum absolute atomic E-state index is 1.00. The Kier molecular flexibility index (Phi) is 6.35. The van der Waals surface area contributed by atoms with E-state index < -0.39 is 0 Å². The largest absolute Gasteiger partial charge is 0.466 e. The van der Waals surface area contributed by atoms with Gasteiger partial charge in [-0.1, -0.05) is 13.8 Å². The number of hydrogen-bond acceptors (Lipinski definition) is 2. The highest BCUT2D eigenvalue weighted by Gasteiger charge is 2.23. The maximum atomic E-state index is 7.00. The summed E-state index contributed by atoms with van der Waals surface area (Å²) in [5.41, 5.74) is 3.20. The molecular formula is C15H26O2. The first-order valence-corrected chi connectivity index (χ1v) is 7.02. The molecule has 0 aromatic carbocycles. The van der Waals surface area contributed by atoms with Crippen LogP contribution in [-0.2, 0) is 25.7 Å². The highest BCUT2D eigenvalue weighted by atomic mass is 16.3. The first-order valence-electron chi connectivity index (χ1n) is 7.02. The van der Waals surface area contributed by atoms with Crippen molar-refractivity contribution in [2.24, 2.45) is 0 Å². The molecule has 1 aromatic heterocycles. The summed E-state index contributed by atoms with van der Waals surface area (Å²) >= 11 is 0. The smallest absolute Gasteiger partial charge is 0.107 e. The third-order valence-electron chi connectivity index (χ3n) is 3.45. The Hall–Kier alpha value is -0.760. The summed E-state index contributed by atoms with van der Waals surface area (Å²) in [7, 11) is 1.00. The number of furan rings is 1. The van der Waals surface area contributed by atoms with Crippen LogP contribution in [0.15, 0.2) is 4.42 Å². The number of aryl methyl sites for hydroxylation is 2. The van der Waals surface area contributed by atoms with E-state index in [0.29, 0.717) is 0 Å². The zero-order valence-electron chi connectivity index (χ0n) is 11.5. The van der Waals surface area contributed by atoms with E-state index in [-0.39, 0.29) is 0 Å². The topological polar surface area (TPSA) is 33.4 Å². The molecule has 0 aliphatic heterocycles. The third kappa shape index (κ3) is 3.12. The Labute approximate surface area is 105 Å². The second-order valence-electron chi connectivity index (χ2n) is 4.32. The van der Waals surface area contributed by atoms with Crippen LogP contribution < -0.4 is 0 Å². The van der Waals surface area contributed by atoms with Crippen LogP contribution in [0.25, 0.3) is 0 Å². The Bertz CT molecular complexity index is 295. The molecule has 3 rings (SSSR count). The molecular weight excluding hydrogens is 212 g/mol. The predicted octanol–water partition coefficient (Wildman–Crippen LogP) is 3.67. The normalized spacial score (nSPS) is 16.7. The minimum Gasteiger partial charge on any atom is -0.466 e. The summed E-state index contributed by atoms with van der Waals surface area (Å²) in [5.74, 6) is 2.66. The molecule has 1 heterocycles. The van der Waals surface area contributed by atoms with Crippen LogP contribution >= 0.6 is 0 Å². The number of rotatable bonds is 0. The van der Waals surface area contributed by atoms with E-state index in [1.807, 2.05) is 13.8 Å². The van der Waals surface area contributed by atoms with Gasteiger partial charge in [0, 0.05) is 20.0 Å². The second kappa shape index (κ2) is 7.54. The van der Waals surface area contributed by atoms with Gasteiger partial charge in [0.05, 0.1) is 0 Å². The van der Waals surface area contributed by atoms with Crippen molar-refractivity contribution in [2.75, 3.05) is 7.11 Å². The van der Waals surface area contributed by atoms with Crippen molar-refractivity contribution in [2.45, 2.75) is 65.2 Å². The molecule has 0 radical (unpaired) electrons. The molecule has 1 N–H and O–H groups in total. The SMILES string of the molecule is C1CCc2c(oc3c2CCCC3)C1.CC.CO. The Morgan fingerprint density at radius 2 is 1.06 bits per heavy atom. The van der Waals surface area contributed by atoms with E-state index in [0.717, 1.165) is 7.11 Å². The van der Waals surface area contributed by atoms with E-state index in [9.17, 15) is 0 Å². The highest BCUT2D eigenvalue weighted by molar-refractivity contribution is 5.36. The minimum atomic E-state index is 1.00. The average molecular weight is 238 g/mol. The lowest BCUT2D eigenvalue weighted by atomic mass is 9.89. The Balaban J connectivity index is 0.000000330. The highest BCUT2D eigenvalue weighted by Crippen LogP contribution is 2.34. The zero-order valence-corrected chi connectivity index (χ0v) is 11.5. The average Bonchev–Trinajstić information content (AvgIpc) is 2.82. The molecule has 0 bridgehead atoms. The molecule has 0 fully saturated rings. The first-order chi connectivity index (χ1) is 8.45. The van der Waals surface area contributed by atoms with Gasteiger partial charge in [0.25, 0.3) is 0 Å². The maximum Gasteiger partial charge on any atom is 0.107 e. The Morgan fingerprint density at radius 1 is 0.706 bits per heavy atom. The molecule has 0 unspecified atom stereocenters. The van der Waals surface area contributed by atoms with Gasteiger partial charge in [-0.25, -0.2) is 0 Å². The predicted molar refractivity (Wildman–Crippen MR) is 71.5 cm³/mol. The number of aliphatic hydroxyl groups is 1. The third-order valence-corrected chi connectivity index (χ3v) is 3.45. The van der Waals surface area contributed by atoms with Crippen molar-refractivity contribution in [3.05, 3.63) is 22.6 Å². The molecule has 1 aromatic rings. The standard InChI is InChI=1S/C12H16O.C2H6.CH4O/c1-3-7-11-9(5-1)10-6-2-4-8-12(10)13-11;2*1-2/h1-8H2;1-2H3;2H,1H3. The summed E-state index contributed by atoms with van der Waals surface area (Å²) in [5, 5.41) is 7.00. The van der Waals surface area contributed by atoms with Crippen LogP contribution in [0.4, 0.5) is 0 Å². The molecule has 2 aliphatic rings. The van der Waals surface area contributed by atoms with E-state index in [4.69, 9.17) is 9.52 Å². The van der Waals surface area contributed by atoms with Gasteiger partial charge in [-0.3, -0.25) is 0 Å². The molecule has 0 amide bonds. The maximum absolute atomic E-state index is 7.00. The van der Waals surface area contributed by atoms with Crippen molar-refractivity contribution in [1.82, 2.24) is 0 Å². The monoisotopic (exact) mass is 238 g/mol. The first kappa shape index (κ1) is 14.3. The number of aliphatic hydroxyl groups excluding tert-OH is 1. The van der Waals surface area contributed by atoms with Gasteiger partial charge >= 0.3 is 0 Å². The molecule has 98 valence electrons. The summed E-state index contributed by atoms with van der Waals surface area (Å²) < 4.78 is 5.93. The number of hydrogen-bond donors (Lipinski definition) is 1. The summed E-state index contributed by atoms with van der Waals surface area (Å²) in [6.07, 6.45) is 10.4. The van der Waals surface area contributed by atoms with Crippen molar-refractivity contribution in [3.63, 3.8) is 0 Å². The second-order valence-corrected chi connectivity index (χ2v) is 4.32. The fourth-order valence-electron chi connectivity index (χ4n) is 2.77. The molecule has 0 saturated carbocycles. The van der Waals surface area contributed by atoms with Gasteiger partial charge in [0.1, 0.15) is 11.5 Å². The molecule has 0 atom stereocenters. The Morgan fingerprint density at radius 3 is 1.47 bits per heavy atom. The summed E-state index contributed by atoms with van der Waals surface area (Å²) in [6.45, 7) is 4.00. The van der Waals surface area contributed by atoms with Gasteiger partial charge in [0.15, 0.2) is 0 Å². The van der Waals surface area contributed by atoms with Crippen LogP contribution in [-0.4, -0.2) is 12.2 Å². The van der Waals surface area contributed by atoms with E-state index in [1.54, 1.807) is 11.1 Å². The van der Waals surface area contributed by atoms with Gasteiger partial charge in [-0.05, 0) is 49.7 Å². The summed E-state index contributed by atoms with van der Waals surface area (Å²) in [6, 6.07) is 0. The van der Waals surface area contributed by atoms with Gasteiger partial charge in [0.2, 0.25) is 0 Å². The van der Waals surface area contributed by atoms with Gasteiger partial charge in [-0.2, -0.15) is 0 Å². The fraction of sp³-hybridized carbons (Fsp3) is 0.733. The molecule has 2 aliphatic carbocycles. The lowest BCUT2D eigenvalue weighted by Crippen LogP contribution is -2.04. The number of fused-ring (bicyclic) bond motifs is 3. The fourth-order valence-corrected chi connectivity index (χ4v) is 2.77. The van der Waals surface area contributed by atoms with Gasteiger partial charge < -0.3 is 9.52 Å². The van der Waals surface area contributed by atoms with Crippen LogP contribution in [0.1, 0.15) is 62.2 Å². The van der Waals surface area contributed by atoms with Crippen LogP contribution in [0, 0.1) is 0 Å². The van der Waals surface area contributed by atoms with Crippen molar-refractivity contribution in [1.29, 1.82) is 0 Å². The molecule has 0 spiro atoms. The summed E-state index contributed by atoms with van der Waals surface area (Å²) in [4.78, 5) is 0. The lowest BCUT2D eigenvalue weighted by Gasteiger charge is -2.12. The molecule has 17 heavy (non-hydrogen) atoms. The lowest BCUT2D eigenvalue weighted by molar-refractivity contribution is 0.399. The van der Waals surface area contributed by atoms with Crippen molar-refractivity contribution < 1.29 is 9.52 Å². The van der Waals surface area contributed by atoms with Gasteiger partial charge in [-0.15, -0.1) is 0 Å². The molecule has 2 heteroatoms. The van der Waals surface area contributed by atoms with E-state index in [1.165, 1.54) is 62.9 Å². The molecule has 0 saturated heterocycles. The van der Waals surface area contributed by atoms with E-state index in [2.05, 4.69) is 0 Å². The van der Waals surface area contributed by atoms with Crippen LogP contribution in [0.5, 0.6) is 0 Å². The van der Waals surface area contributed by atoms with Crippen molar-refractivity contribution in [3.8, 4) is 0 Å². The van der Waals surface area contributed by atoms with Crippen LogP contribution in [0.2, 0.25) is 0 Å². The molecule has 2 nitrogen and oxygen atoms in total. The van der Waals surface area contributed by atoms with Crippen LogP contribution in [0.3, 0.4) is 0 Å². The quantitative estimate of drug-likeness (QED) is 0.748. The van der Waals surface area contributed by atoms with Crippen molar-refractivity contribution >= 4 is 0 Å².